The molecule has 6 N–H and O–H groups in total. The zero-order chi connectivity index (χ0) is 32.7. The summed E-state index contributed by atoms with van der Waals surface area (Å²) in [5.41, 5.74) is 9.79. The first kappa shape index (κ1) is 32.3. The van der Waals surface area contributed by atoms with Crippen molar-refractivity contribution in [1.82, 2.24) is 15.2 Å². The molecule has 4 aromatic rings. The number of amides is 3. The monoisotopic (exact) mass is 622 g/mol. The maximum atomic E-state index is 13.5. The summed E-state index contributed by atoms with van der Waals surface area (Å²) < 4.78 is 31.7. The number of aromatic nitrogens is 1. The van der Waals surface area contributed by atoms with Crippen LogP contribution in [0.3, 0.4) is 0 Å². The molecular weight excluding hydrogens is 593 g/mol. The van der Waals surface area contributed by atoms with Gasteiger partial charge in [0.15, 0.2) is 0 Å². The molecule has 0 spiro atoms. The lowest BCUT2D eigenvalue weighted by Crippen LogP contribution is -2.36. The molecule has 3 aromatic carbocycles. The summed E-state index contributed by atoms with van der Waals surface area (Å²) >= 11 is 0. The Bertz CT molecular complexity index is 1730. The van der Waals surface area contributed by atoms with Gasteiger partial charge in [-0.3, -0.25) is 14.4 Å². The predicted molar refractivity (Wildman–Crippen MR) is 161 cm³/mol. The van der Waals surface area contributed by atoms with Gasteiger partial charge in [0.25, 0.3) is 0 Å². The molecule has 1 atom stereocenters. The lowest BCUT2D eigenvalue weighted by atomic mass is 10.0. The normalized spacial score (nSPS) is 15.4. The molecule has 0 radical (unpaired) electrons. The Morgan fingerprint density at radius 3 is 2.38 bits per heavy atom. The number of carboxylic acids is 1. The molecule has 0 fully saturated rings. The number of carboxylic acid groups (broad SMARTS) is 1. The highest BCUT2D eigenvalue weighted by Gasteiger charge is 2.38. The van der Waals surface area contributed by atoms with E-state index in [1.165, 1.54) is 11.8 Å². The van der Waals surface area contributed by atoms with Gasteiger partial charge in [-0.25, -0.2) is 9.78 Å². The van der Waals surface area contributed by atoms with Gasteiger partial charge in [0.05, 0.1) is 0 Å². The molecular formula is C31H29F3N6O5. The van der Waals surface area contributed by atoms with Crippen LogP contribution in [0.15, 0.2) is 79.0 Å². The summed E-state index contributed by atoms with van der Waals surface area (Å²) in [4.78, 5) is 52.9. The van der Waals surface area contributed by atoms with Crippen molar-refractivity contribution in [1.29, 1.82) is 0 Å². The third kappa shape index (κ3) is 8.69. The zero-order valence-electron chi connectivity index (χ0n) is 23.9. The summed E-state index contributed by atoms with van der Waals surface area (Å²) in [6, 6.07) is 21.6. The number of hydrogen-bond donors (Lipinski definition) is 5. The molecule has 45 heavy (non-hydrogen) atoms. The van der Waals surface area contributed by atoms with E-state index in [1.54, 1.807) is 18.3 Å². The first-order chi connectivity index (χ1) is 21.3. The number of alkyl halides is 3. The molecule has 0 aliphatic carbocycles. The van der Waals surface area contributed by atoms with Crippen LogP contribution in [-0.4, -0.2) is 51.4 Å². The predicted octanol–water partition coefficient (Wildman–Crippen LogP) is 4.22. The molecule has 234 valence electrons. The number of nitrogen functional groups attached to an aromatic ring is 1. The molecule has 0 saturated heterocycles. The van der Waals surface area contributed by atoms with Gasteiger partial charge in [-0.05, 0) is 58.5 Å². The van der Waals surface area contributed by atoms with Crippen molar-refractivity contribution in [3.63, 3.8) is 0 Å². The number of carbonyl (C=O) groups is 4. The van der Waals surface area contributed by atoms with Gasteiger partial charge in [-0.2, -0.15) is 13.2 Å². The maximum Gasteiger partial charge on any atom is 0.490 e. The zero-order valence-corrected chi connectivity index (χ0v) is 23.9. The van der Waals surface area contributed by atoms with Crippen LogP contribution in [0, 0.1) is 0 Å². The molecule has 11 nitrogen and oxygen atoms in total. The molecule has 0 saturated carbocycles. The fraction of sp³-hybridized carbons (Fsp3) is 0.194. The molecule has 2 aliphatic heterocycles. The minimum atomic E-state index is -5.08. The van der Waals surface area contributed by atoms with E-state index in [2.05, 4.69) is 20.9 Å². The van der Waals surface area contributed by atoms with Crippen molar-refractivity contribution in [2.45, 2.75) is 32.2 Å². The number of nitrogens with zero attached hydrogens (tertiary/aromatic N) is 2. The highest BCUT2D eigenvalue weighted by Crippen LogP contribution is 2.27. The van der Waals surface area contributed by atoms with Crippen LogP contribution in [-0.2, 0) is 32.3 Å². The minimum absolute atomic E-state index is 0.0653. The average molecular weight is 623 g/mol. The van der Waals surface area contributed by atoms with Crippen LogP contribution in [0.2, 0.25) is 0 Å². The first-order valence-electron chi connectivity index (χ1n) is 13.5. The molecule has 6 rings (SSSR count). The summed E-state index contributed by atoms with van der Waals surface area (Å²) in [7, 11) is 0. The average Bonchev–Trinajstić information content (AvgIpc) is 2.98. The van der Waals surface area contributed by atoms with Crippen molar-refractivity contribution in [2.75, 3.05) is 22.9 Å². The molecule has 3 amide bonds. The van der Waals surface area contributed by atoms with Gasteiger partial charge in [0, 0.05) is 43.0 Å². The highest BCUT2D eigenvalue weighted by molar-refractivity contribution is 5.95. The number of anilines is 3. The minimum Gasteiger partial charge on any atom is -0.475 e. The molecule has 2 aliphatic rings. The van der Waals surface area contributed by atoms with Crippen LogP contribution in [0.5, 0.6) is 0 Å². The summed E-state index contributed by atoms with van der Waals surface area (Å²) in [5, 5.41) is 18.1. The number of nitrogens with two attached hydrogens (primary N) is 1. The Kier molecular flexibility index (Phi) is 9.86. The van der Waals surface area contributed by atoms with E-state index < -0.39 is 18.2 Å². The number of halogens is 3. The van der Waals surface area contributed by atoms with Crippen LogP contribution in [0.1, 0.15) is 29.7 Å². The number of fused-ring (bicyclic) bond motifs is 10. The molecule has 4 bridgehead atoms. The lowest BCUT2D eigenvalue weighted by molar-refractivity contribution is -0.192. The topological polar surface area (TPSA) is 167 Å². The SMILES string of the molecule is CC(=O)N1CC(=O)Nc2cccc(c2)CNC(=O)C(Nc2ccc3c(N)nccc3c2)c2ccc(cc2)C1.O=C(O)C(F)(F)F. The maximum absolute atomic E-state index is 13.5. The number of hydrogen-bond acceptors (Lipinski definition) is 7. The van der Waals surface area contributed by atoms with E-state index in [1.807, 2.05) is 60.7 Å². The molecule has 3 heterocycles. The number of benzene rings is 3. The van der Waals surface area contributed by atoms with Gasteiger partial charge < -0.3 is 31.7 Å². The second kappa shape index (κ2) is 13.8. The van der Waals surface area contributed by atoms with Gasteiger partial charge in [-0.1, -0.05) is 36.4 Å². The summed E-state index contributed by atoms with van der Waals surface area (Å²) in [6.07, 6.45) is -3.43. The molecule has 1 aromatic heterocycles. The van der Waals surface area contributed by atoms with Crippen molar-refractivity contribution < 1.29 is 37.5 Å². The Hall–Kier alpha value is -5.66. The Morgan fingerprint density at radius 2 is 1.71 bits per heavy atom. The van der Waals surface area contributed by atoms with Crippen LogP contribution >= 0.6 is 0 Å². The quantitative estimate of drug-likeness (QED) is 0.222. The number of rotatable bonds is 2. The van der Waals surface area contributed by atoms with E-state index >= 15 is 0 Å². The van der Waals surface area contributed by atoms with Gasteiger partial charge >= 0.3 is 12.1 Å². The third-order valence-electron chi connectivity index (χ3n) is 6.75. The third-order valence-corrected chi connectivity index (χ3v) is 6.75. The second-order valence-electron chi connectivity index (χ2n) is 10.1. The standard InChI is InChI=1S/C29H28N6O3.C2HF3O2/c1-18(36)35-16-19-5-7-21(8-6-19)27(34-24-9-10-25-22(14-24)11-12-31-28(25)30)29(38)32-15-20-3-2-4-23(13-20)33-26(37)17-35;3-2(4,5)1(6)7/h2-14,27,34H,15-17H2,1H3,(H2,30,31)(H,32,38)(H,33,37);(H,6,7). The van der Waals surface area contributed by atoms with Crippen LogP contribution in [0.4, 0.5) is 30.4 Å². The van der Waals surface area contributed by atoms with E-state index in [9.17, 15) is 27.6 Å². The fourth-order valence-corrected chi connectivity index (χ4v) is 4.50. The van der Waals surface area contributed by atoms with Crippen LogP contribution in [0.25, 0.3) is 10.8 Å². The molecule has 1 unspecified atom stereocenters. The van der Waals surface area contributed by atoms with Gasteiger partial charge in [0.1, 0.15) is 18.4 Å². The Labute approximate surface area is 255 Å². The number of aliphatic carboxylic acids is 1. The van der Waals surface area contributed by atoms with E-state index in [4.69, 9.17) is 15.6 Å². The van der Waals surface area contributed by atoms with E-state index in [-0.39, 0.29) is 37.4 Å². The Balaban J connectivity index is 0.000000591. The van der Waals surface area contributed by atoms with E-state index in [0.717, 1.165) is 33.2 Å². The first-order valence-corrected chi connectivity index (χ1v) is 13.5. The van der Waals surface area contributed by atoms with Crippen molar-refractivity contribution >= 4 is 51.7 Å². The molecule has 14 heteroatoms. The second-order valence-corrected chi connectivity index (χ2v) is 10.1. The highest BCUT2D eigenvalue weighted by atomic mass is 19.4. The van der Waals surface area contributed by atoms with Gasteiger partial charge in [0.2, 0.25) is 17.7 Å². The van der Waals surface area contributed by atoms with Crippen molar-refractivity contribution in [2.24, 2.45) is 0 Å². The fourth-order valence-electron chi connectivity index (χ4n) is 4.50. The Morgan fingerprint density at radius 1 is 1.00 bits per heavy atom. The van der Waals surface area contributed by atoms with Crippen LogP contribution < -0.4 is 21.7 Å². The summed E-state index contributed by atoms with van der Waals surface area (Å²) in [5.74, 6) is -3.01. The number of carbonyl (C=O) groups excluding carboxylic acids is 3. The van der Waals surface area contributed by atoms with Crippen molar-refractivity contribution in [3.05, 3.63) is 95.7 Å². The number of pyridine rings is 1. The van der Waals surface area contributed by atoms with Gasteiger partial charge in [-0.15, -0.1) is 0 Å². The largest absolute Gasteiger partial charge is 0.490 e. The van der Waals surface area contributed by atoms with Crippen molar-refractivity contribution in [3.8, 4) is 0 Å². The number of nitrogens with one attached hydrogen (secondary N) is 3. The lowest BCUT2D eigenvalue weighted by Gasteiger charge is -2.23. The van der Waals surface area contributed by atoms with E-state index in [0.29, 0.717) is 11.5 Å². The summed E-state index contributed by atoms with van der Waals surface area (Å²) in [6.45, 7) is 1.92. The smallest absolute Gasteiger partial charge is 0.475 e.